The predicted molar refractivity (Wildman–Crippen MR) is 92.1 cm³/mol. The molecule has 11 heteroatoms. The van der Waals surface area contributed by atoms with E-state index in [1.807, 2.05) is 17.2 Å². The molecule has 148 valence electrons. The first-order chi connectivity index (χ1) is 12.7. The number of anilines is 1. The van der Waals surface area contributed by atoms with Gasteiger partial charge in [0.05, 0.1) is 18.3 Å². The molecule has 1 aliphatic heterocycles. The Kier molecular flexibility index (Phi) is 6.61. The van der Waals surface area contributed by atoms with Gasteiger partial charge in [-0.25, -0.2) is 4.79 Å². The van der Waals surface area contributed by atoms with Crippen molar-refractivity contribution in [3.8, 4) is 0 Å². The number of carbonyl (C=O) groups excluding carboxylic acids is 1. The molecule has 0 bridgehead atoms. The topological polar surface area (TPSA) is 124 Å². The van der Waals surface area contributed by atoms with E-state index in [2.05, 4.69) is 27.6 Å². The Bertz CT molecular complexity index is 785. The highest BCUT2D eigenvalue weighted by molar-refractivity contribution is 5.81. The van der Waals surface area contributed by atoms with Gasteiger partial charge in [0.1, 0.15) is 0 Å². The number of carboxylic acids is 1. The van der Waals surface area contributed by atoms with Gasteiger partial charge in [-0.3, -0.25) is 9.89 Å². The third-order valence-electron chi connectivity index (χ3n) is 4.08. The lowest BCUT2D eigenvalue weighted by Crippen LogP contribution is -2.44. The average Bonchev–Trinajstić information content (AvgIpc) is 3.09. The summed E-state index contributed by atoms with van der Waals surface area (Å²) in [5.74, 6) is -2.71. The Morgan fingerprint density at radius 3 is 2.52 bits per heavy atom. The molecule has 1 aromatic heterocycles. The number of likely N-dealkylation sites (tertiary alicyclic amines) is 1. The van der Waals surface area contributed by atoms with Crippen LogP contribution in [0, 0.1) is 0 Å². The zero-order valence-electron chi connectivity index (χ0n) is 14.3. The van der Waals surface area contributed by atoms with E-state index in [1.54, 1.807) is 0 Å². The second kappa shape index (κ2) is 8.71. The van der Waals surface area contributed by atoms with E-state index in [1.165, 1.54) is 0 Å². The number of halogens is 3. The number of hydrogen-bond acceptors (Lipinski definition) is 5. The number of alkyl halides is 3. The Balaban J connectivity index is 0.000000321. The molecule has 1 amide bonds. The quantitative estimate of drug-likeness (QED) is 0.634. The zero-order valence-corrected chi connectivity index (χ0v) is 14.3. The largest absolute Gasteiger partial charge is 0.490 e. The molecule has 1 fully saturated rings. The van der Waals surface area contributed by atoms with Crippen LogP contribution in [0.4, 0.5) is 18.9 Å². The van der Waals surface area contributed by atoms with Crippen LogP contribution < -0.4 is 11.1 Å². The summed E-state index contributed by atoms with van der Waals surface area (Å²) in [7, 11) is 0. The van der Waals surface area contributed by atoms with E-state index < -0.39 is 12.1 Å². The molecular weight excluding hydrogens is 367 g/mol. The lowest BCUT2D eigenvalue weighted by Gasteiger charge is -2.32. The molecule has 0 atom stereocenters. The molecule has 8 nitrogen and oxygen atoms in total. The van der Waals surface area contributed by atoms with Crippen molar-refractivity contribution in [2.24, 2.45) is 5.73 Å². The van der Waals surface area contributed by atoms with Crippen LogP contribution in [0.3, 0.4) is 0 Å². The second-order valence-corrected chi connectivity index (χ2v) is 5.98. The molecule has 0 radical (unpaired) electrons. The molecule has 5 N–H and O–H groups in total. The molecule has 0 spiro atoms. The second-order valence-electron chi connectivity index (χ2n) is 5.98. The number of rotatable bonds is 3. The van der Waals surface area contributed by atoms with Crippen molar-refractivity contribution in [3.05, 3.63) is 24.4 Å². The number of fused-ring (bicyclic) bond motifs is 1. The van der Waals surface area contributed by atoms with Gasteiger partial charge in [0.25, 0.3) is 0 Å². The summed E-state index contributed by atoms with van der Waals surface area (Å²) in [6, 6.07) is 6.58. The standard InChI is InChI=1S/C14H19N5O.C2HF3O2/c15-8-14(20)19-5-3-11(4-6-19)17-12-1-2-13-10(7-12)9-16-18-13;3-2(4,5)1(6)7/h1-2,7,9,11,17H,3-6,8,15H2,(H,16,18);(H,6,7). The fraction of sp³-hybridized carbons (Fsp3) is 0.438. The van der Waals surface area contributed by atoms with Crippen molar-refractivity contribution >= 4 is 28.5 Å². The Labute approximate surface area is 152 Å². The first-order valence-corrected chi connectivity index (χ1v) is 8.18. The van der Waals surface area contributed by atoms with Gasteiger partial charge in [-0.05, 0) is 31.0 Å². The number of nitrogens with two attached hydrogens (primary N) is 1. The number of nitrogens with zero attached hydrogens (tertiary/aromatic N) is 2. The number of carbonyl (C=O) groups is 2. The van der Waals surface area contributed by atoms with E-state index in [0.29, 0.717) is 6.04 Å². The summed E-state index contributed by atoms with van der Waals surface area (Å²) >= 11 is 0. The third kappa shape index (κ3) is 5.84. The number of aromatic amines is 1. The number of amides is 1. The van der Waals surface area contributed by atoms with Gasteiger partial charge in [-0.15, -0.1) is 0 Å². The fourth-order valence-corrected chi connectivity index (χ4v) is 2.67. The van der Waals surface area contributed by atoms with Crippen molar-refractivity contribution in [1.29, 1.82) is 0 Å². The molecule has 27 heavy (non-hydrogen) atoms. The van der Waals surface area contributed by atoms with Crippen molar-refractivity contribution < 1.29 is 27.9 Å². The number of hydrogen-bond donors (Lipinski definition) is 4. The highest BCUT2D eigenvalue weighted by Crippen LogP contribution is 2.20. The highest BCUT2D eigenvalue weighted by atomic mass is 19.4. The van der Waals surface area contributed by atoms with E-state index in [-0.39, 0.29) is 12.5 Å². The minimum absolute atomic E-state index is 0.0447. The summed E-state index contributed by atoms with van der Waals surface area (Å²) in [4.78, 5) is 22.3. The molecule has 0 saturated carbocycles. The normalized spacial score (nSPS) is 15.2. The smallest absolute Gasteiger partial charge is 0.475 e. The highest BCUT2D eigenvalue weighted by Gasteiger charge is 2.38. The minimum Gasteiger partial charge on any atom is -0.475 e. The molecule has 0 unspecified atom stereocenters. The van der Waals surface area contributed by atoms with E-state index in [0.717, 1.165) is 42.5 Å². The first kappa shape index (κ1) is 20.5. The molecular formula is C16H20F3N5O3. The molecule has 1 aromatic carbocycles. The molecule has 1 aliphatic rings. The third-order valence-corrected chi connectivity index (χ3v) is 4.08. The maximum Gasteiger partial charge on any atom is 0.490 e. The molecule has 1 saturated heterocycles. The minimum atomic E-state index is -5.08. The van der Waals surface area contributed by atoms with Crippen molar-refractivity contribution in [2.75, 3.05) is 25.0 Å². The van der Waals surface area contributed by atoms with Crippen LogP contribution in [0.15, 0.2) is 24.4 Å². The summed E-state index contributed by atoms with van der Waals surface area (Å²) in [5, 5.41) is 18.7. The van der Waals surface area contributed by atoms with Gasteiger partial charge in [0, 0.05) is 30.2 Å². The van der Waals surface area contributed by atoms with Gasteiger partial charge in [0.2, 0.25) is 5.91 Å². The van der Waals surface area contributed by atoms with Gasteiger partial charge in [0.15, 0.2) is 0 Å². The number of nitrogens with one attached hydrogen (secondary N) is 2. The number of aliphatic carboxylic acids is 1. The average molecular weight is 387 g/mol. The van der Waals surface area contributed by atoms with Crippen LogP contribution >= 0.6 is 0 Å². The molecule has 2 aromatic rings. The zero-order chi connectivity index (χ0) is 20.0. The number of aromatic nitrogens is 2. The maximum atomic E-state index is 11.5. The first-order valence-electron chi connectivity index (χ1n) is 8.18. The van der Waals surface area contributed by atoms with Gasteiger partial charge >= 0.3 is 12.1 Å². The van der Waals surface area contributed by atoms with Crippen LogP contribution in [0.2, 0.25) is 0 Å². The van der Waals surface area contributed by atoms with Crippen LogP contribution in [0.5, 0.6) is 0 Å². The summed E-state index contributed by atoms with van der Waals surface area (Å²) < 4.78 is 31.7. The number of piperidine rings is 1. The SMILES string of the molecule is NCC(=O)N1CCC(Nc2ccc3[nH]ncc3c2)CC1.O=C(O)C(F)(F)F. The van der Waals surface area contributed by atoms with Crippen LogP contribution in [-0.4, -0.2) is 63.9 Å². The van der Waals surface area contributed by atoms with Gasteiger partial charge in [-0.2, -0.15) is 18.3 Å². The lowest BCUT2D eigenvalue weighted by atomic mass is 10.0. The monoisotopic (exact) mass is 387 g/mol. The predicted octanol–water partition coefficient (Wildman–Crippen LogP) is 1.56. The Morgan fingerprint density at radius 1 is 1.33 bits per heavy atom. The summed E-state index contributed by atoms with van der Waals surface area (Å²) in [6.45, 7) is 1.67. The number of carboxylic acid groups (broad SMARTS) is 1. The van der Waals surface area contributed by atoms with Gasteiger partial charge in [-0.1, -0.05) is 0 Å². The summed E-state index contributed by atoms with van der Waals surface area (Å²) in [5.41, 5.74) is 7.53. The number of H-pyrrole nitrogens is 1. The van der Waals surface area contributed by atoms with E-state index in [9.17, 15) is 18.0 Å². The molecule has 3 rings (SSSR count). The molecule has 2 heterocycles. The van der Waals surface area contributed by atoms with E-state index >= 15 is 0 Å². The van der Waals surface area contributed by atoms with E-state index in [4.69, 9.17) is 15.6 Å². The molecule has 0 aliphatic carbocycles. The van der Waals surface area contributed by atoms with Crippen LogP contribution in [0.25, 0.3) is 10.9 Å². The van der Waals surface area contributed by atoms with Crippen molar-refractivity contribution in [1.82, 2.24) is 15.1 Å². The van der Waals surface area contributed by atoms with Crippen molar-refractivity contribution in [2.45, 2.75) is 25.1 Å². The van der Waals surface area contributed by atoms with Crippen LogP contribution in [-0.2, 0) is 9.59 Å². The maximum absolute atomic E-state index is 11.5. The van der Waals surface area contributed by atoms with Crippen LogP contribution in [0.1, 0.15) is 12.8 Å². The lowest BCUT2D eigenvalue weighted by molar-refractivity contribution is -0.192. The Morgan fingerprint density at radius 2 is 1.96 bits per heavy atom. The Hall–Kier alpha value is -2.82. The fourth-order valence-electron chi connectivity index (χ4n) is 2.67. The number of benzene rings is 1. The summed E-state index contributed by atoms with van der Waals surface area (Å²) in [6.07, 6.45) is -1.35. The van der Waals surface area contributed by atoms with Crippen molar-refractivity contribution in [3.63, 3.8) is 0 Å². The van der Waals surface area contributed by atoms with Gasteiger partial charge < -0.3 is 21.1 Å².